The minimum absolute atomic E-state index is 0.0598. The Morgan fingerprint density at radius 1 is 0.731 bits per heavy atom. The van der Waals surface area contributed by atoms with Crippen molar-refractivity contribution in [2.24, 2.45) is 26.2 Å². The highest BCUT2D eigenvalue weighted by atomic mass is 32.2. The van der Waals surface area contributed by atoms with Gasteiger partial charge in [0.15, 0.2) is 21.7 Å². The number of thioether (sulfide) groups is 1. The van der Waals surface area contributed by atoms with E-state index in [2.05, 4.69) is 61.7 Å². The number of nitriles is 1. The zero-order valence-corrected chi connectivity index (χ0v) is 54.4. The van der Waals surface area contributed by atoms with Crippen LogP contribution >= 0.6 is 34.4 Å². The van der Waals surface area contributed by atoms with Crippen LogP contribution in [-0.4, -0.2) is 95.0 Å². The van der Waals surface area contributed by atoms with Gasteiger partial charge < -0.3 is 42.1 Å². The van der Waals surface area contributed by atoms with E-state index < -0.39 is 55.4 Å². The van der Waals surface area contributed by atoms with Crippen LogP contribution in [0.1, 0.15) is 99.3 Å². The molecule has 3 heterocycles. The van der Waals surface area contributed by atoms with Crippen LogP contribution in [-0.2, 0) is 34.1 Å². The highest BCUT2D eigenvalue weighted by Crippen LogP contribution is 2.44. The number of carbonyl (C=O) groups excluding carboxylic acids is 6. The number of amides is 4. The summed E-state index contributed by atoms with van der Waals surface area (Å²) in [5.74, 6) is -3.67. The molecular weight excluding hydrogens is 1270 g/mol. The van der Waals surface area contributed by atoms with Crippen LogP contribution in [0.2, 0.25) is 0 Å². The van der Waals surface area contributed by atoms with Crippen molar-refractivity contribution in [1.29, 1.82) is 5.26 Å². The van der Waals surface area contributed by atoms with Crippen molar-refractivity contribution in [2.75, 3.05) is 62.6 Å². The largest absolute Gasteiger partial charge is 0.372 e. The molecule has 30 heteroatoms. The van der Waals surface area contributed by atoms with Gasteiger partial charge in [-0.25, -0.2) is 4.85 Å². The topological polar surface area (TPSA) is 366 Å². The Morgan fingerprint density at radius 3 is 1.78 bits per heavy atom. The molecule has 0 unspecified atom stereocenters. The number of benzene rings is 4. The summed E-state index contributed by atoms with van der Waals surface area (Å²) in [7, 11) is -5.22. The Bertz CT molecular complexity index is 4360. The number of carbonyl (C=O) groups is 6. The first-order chi connectivity index (χ1) is 44.6. The number of nitrogens with two attached hydrogens (primary N) is 1. The van der Waals surface area contributed by atoms with Gasteiger partial charge in [0, 0.05) is 70.3 Å². The summed E-state index contributed by atoms with van der Waals surface area (Å²) < 4.78 is 36.7. The molecule has 1 saturated carbocycles. The molecule has 26 nitrogen and oxygen atoms in total. The molecule has 0 saturated heterocycles. The van der Waals surface area contributed by atoms with Gasteiger partial charge in [0.2, 0.25) is 29.9 Å². The van der Waals surface area contributed by atoms with Gasteiger partial charge in [0.1, 0.15) is 32.9 Å². The molecule has 8 N–H and O–H groups in total. The molecule has 4 amide bonds. The molecule has 0 atom stereocenters. The Kier molecular flexibility index (Phi) is 23.3. The average molecular weight is 1330 g/mol. The van der Waals surface area contributed by atoms with Gasteiger partial charge in [-0.05, 0) is 145 Å². The fourth-order valence-corrected chi connectivity index (χ4v) is 13.8. The number of rotatable bonds is 28. The number of primary amides is 1. The van der Waals surface area contributed by atoms with E-state index in [-0.39, 0.29) is 60.2 Å². The lowest BCUT2D eigenvalue weighted by molar-refractivity contribution is -0.120. The van der Waals surface area contributed by atoms with Crippen LogP contribution in [0, 0.1) is 17.9 Å². The van der Waals surface area contributed by atoms with Crippen molar-refractivity contribution in [3.63, 3.8) is 0 Å². The van der Waals surface area contributed by atoms with E-state index in [0.717, 1.165) is 67.8 Å². The van der Waals surface area contributed by atoms with Crippen LogP contribution in [0.5, 0.6) is 0 Å². The van der Waals surface area contributed by atoms with Gasteiger partial charge in [-0.3, -0.25) is 33.3 Å². The first kappa shape index (κ1) is 68.5. The van der Waals surface area contributed by atoms with E-state index in [1.807, 2.05) is 39.8 Å². The normalized spacial score (nSPS) is 12.8. The van der Waals surface area contributed by atoms with Gasteiger partial charge in [-0.1, -0.05) is 43.2 Å². The predicted octanol–water partition coefficient (Wildman–Crippen LogP) is 14.0. The summed E-state index contributed by atoms with van der Waals surface area (Å²) in [5, 5.41) is 43.3. The summed E-state index contributed by atoms with van der Waals surface area (Å²) in [5.41, 5.74) is 7.84. The molecule has 93 heavy (non-hydrogen) atoms. The number of hydrogen-bond acceptors (Lipinski definition) is 23. The van der Waals surface area contributed by atoms with E-state index in [0.29, 0.717) is 82.4 Å². The maximum absolute atomic E-state index is 13.6. The number of aromatic nitrogens is 3. The summed E-state index contributed by atoms with van der Waals surface area (Å²) in [6.45, 7) is 20.9. The number of anilines is 9. The fraction of sp³-hybridized carbons (Fsp3) is 0.254. The van der Waals surface area contributed by atoms with E-state index in [1.165, 1.54) is 61.2 Å². The molecule has 8 rings (SSSR count). The second-order valence-electron chi connectivity index (χ2n) is 20.5. The number of azo groups is 2. The zero-order valence-electron chi connectivity index (χ0n) is 51.2. The van der Waals surface area contributed by atoms with Gasteiger partial charge >= 0.3 is 0 Å². The number of hydrogen-bond donors (Lipinski definition) is 7. The zero-order chi connectivity index (χ0) is 66.9. The predicted molar refractivity (Wildman–Crippen MR) is 363 cm³/mol. The lowest BCUT2D eigenvalue weighted by atomic mass is 10.0. The van der Waals surface area contributed by atoms with E-state index >= 15 is 0 Å². The highest BCUT2D eigenvalue weighted by molar-refractivity contribution is 7.99. The van der Waals surface area contributed by atoms with E-state index in [1.54, 1.807) is 48.5 Å². The highest BCUT2D eigenvalue weighted by Gasteiger charge is 2.29. The van der Waals surface area contributed by atoms with Crippen molar-refractivity contribution in [3.05, 3.63) is 134 Å². The second kappa shape index (κ2) is 31.6. The number of Topliss-reactive ketones (excluding diaryl/α,β-unsaturated/α-hetero) is 2. The van der Waals surface area contributed by atoms with Gasteiger partial charge in [0.25, 0.3) is 21.9 Å². The Labute approximate surface area is 548 Å². The third kappa shape index (κ3) is 17.8. The molecule has 1 fully saturated rings. The molecular formula is C63H63N17O9S4. The standard InChI is InChI=1S/C63H63N17O9S4/c1-8-79(9-2)42-23-25-49(75-77-59-48(34-64)55(93(87,88)89)54(92-59)33-47(37(6)83)58(86)68-40-19-15-17-38(27-40)56(65)84)51(29-42)70-61-72-62(74-63(73-61)91-44-21-13-12-14-22-44)71-52-30-43(80(10-3)11-4)24-26-50(52)76-78-60-53(66-7)32-45(90-60)31-46(36(5)82)57(85)69-41-20-16-18-39(28-41)67-35-81/h15-20,23-33,35,44H,8-14,21-22H2,1-6H3,(H2,65,84)(H,67,81)(H,68,86)(H,69,85)(H,87,88,89)(H2,70,71,72,73,74)/b46-31+,47-33-,77-75?,78-76?. The van der Waals surface area contributed by atoms with Crippen molar-refractivity contribution in [2.45, 2.75) is 88.9 Å². The molecule has 1 aliphatic carbocycles. The number of thiophene rings is 2. The minimum Gasteiger partial charge on any atom is -0.372 e. The average Bonchev–Trinajstić information content (AvgIpc) is 1.69. The fourth-order valence-electron chi connectivity index (χ4n) is 9.67. The summed E-state index contributed by atoms with van der Waals surface area (Å²) in [6, 6.07) is 26.0. The Hall–Kier alpha value is -10.4. The van der Waals surface area contributed by atoms with Gasteiger partial charge in [-0.2, -0.15) is 33.7 Å². The third-order valence-corrected chi connectivity index (χ3v) is 18.5. The lowest BCUT2D eigenvalue weighted by Gasteiger charge is -2.23. The second-order valence-corrected chi connectivity index (χ2v) is 25.2. The molecule has 7 aromatic rings. The van der Waals surface area contributed by atoms with Gasteiger partial charge in [-0.15, -0.1) is 38.0 Å². The molecule has 0 radical (unpaired) electrons. The Morgan fingerprint density at radius 2 is 1.27 bits per heavy atom. The maximum atomic E-state index is 13.6. The number of nitrogens with zero attached hydrogens (tertiary/aromatic N) is 11. The minimum atomic E-state index is -5.22. The van der Waals surface area contributed by atoms with Crippen LogP contribution in [0.25, 0.3) is 17.0 Å². The van der Waals surface area contributed by atoms with E-state index in [9.17, 15) is 47.0 Å². The van der Waals surface area contributed by atoms with Crippen LogP contribution in [0.4, 0.5) is 78.8 Å². The van der Waals surface area contributed by atoms with Crippen molar-refractivity contribution in [3.8, 4) is 6.07 Å². The van der Waals surface area contributed by atoms with Crippen LogP contribution < -0.4 is 42.1 Å². The van der Waals surface area contributed by atoms with E-state index in [4.69, 9.17) is 27.3 Å². The maximum Gasteiger partial charge on any atom is 0.297 e. The molecule has 1 aliphatic rings. The lowest BCUT2D eigenvalue weighted by Crippen LogP contribution is -2.21. The van der Waals surface area contributed by atoms with Crippen LogP contribution in [0.15, 0.2) is 133 Å². The Balaban J connectivity index is 1.18. The number of ketones is 2. The number of nitrogens with one attached hydrogen (secondary N) is 5. The molecule has 0 bridgehead atoms. The summed E-state index contributed by atoms with van der Waals surface area (Å²) >= 11 is 3.11. The SMILES string of the molecule is [C-]#[N+]c1cc(/C=C(\C(C)=O)C(=O)Nc2cccc(NC=O)c2)sc1N=Nc1ccc(N(CC)CC)cc1Nc1nc(Nc2cc(N(CC)CC)ccc2N=Nc2sc(/C=C(/C(C)=O)C(=O)Nc3cccc(C(N)=O)c3)c(S(=O)(=O)O)c2C#N)nc(SC2CCCCC2)n1. The summed E-state index contributed by atoms with van der Waals surface area (Å²) in [4.78, 5) is 97.5. The third-order valence-electron chi connectivity index (χ3n) is 14.3. The van der Waals surface area contributed by atoms with Gasteiger partial charge in [0.05, 0.1) is 34.0 Å². The molecule has 4 aromatic carbocycles. The molecule has 0 aliphatic heterocycles. The smallest absolute Gasteiger partial charge is 0.297 e. The molecule has 0 spiro atoms. The first-order valence-electron chi connectivity index (χ1n) is 29.1. The quantitative estimate of drug-likeness (QED) is 0.00455. The van der Waals surface area contributed by atoms with Crippen molar-refractivity contribution >= 4 is 171 Å². The summed E-state index contributed by atoms with van der Waals surface area (Å²) in [6.07, 6.45) is 7.82. The van der Waals surface area contributed by atoms with Crippen molar-refractivity contribution < 1.29 is 41.7 Å². The molecule has 478 valence electrons. The monoisotopic (exact) mass is 1330 g/mol. The molecule has 3 aromatic heterocycles. The first-order valence-corrected chi connectivity index (χ1v) is 33.0. The van der Waals surface area contributed by atoms with Crippen molar-refractivity contribution in [1.82, 2.24) is 15.0 Å². The van der Waals surface area contributed by atoms with Crippen LogP contribution in [0.3, 0.4) is 0 Å².